The van der Waals surface area contributed by atoms with E-state index in [4.69, 9.17) is 5.73 Å². The van der Waals surface area contributed by atoms with E-state index in [1.54, 1.807) is 0 Å². The van der Waals surface area contributed by atoms with Gasteiger partial charge in [0.05, 0.1) is 6.54 Å². The van der Waals surface area contributed by atoms with Crippen LogP contribution in [0.3, 0.4) is 0 Å². The fourth-order valence-corrected chi connectivity index (χ4v) is 0.475. The summed E-state index contributed by atoms with van der Waals surface area (Å²) in [6.45, 7) is 0.788. The summed E-state index contributed by atoms with van der Waals surface area (Å²) in [5, 5.41) is 2.96. The molecule has 0 atom stereocenters. The average molecular weight is 96.1 g/mol. The normalized spacial score (nSPS) is 18.0. The molecule has 0 amide bonds. The summed E-state index contributed by atoms with van der Waals surface area (Å²) in [5.41, 5.74) is 6.27. The second-order valence-corrected chi connectivity index (χ2v) is 1.48. The molecule has 0 aromatic carbocycles. The van der Waals surface area contributed by atoms with Gasteiger partial charge in [-0.1, -0.05) is 0 Å². The molecule has 0 unspecified atom stereocenters. The van der Waals surface area contributed by atoms with Crippen molar-refractivity contribution in [1.29, 1.82) is 0 Å². The van der Waals surface area contributed by atoms with Crippen molar-refractivity contribution < 1.29 is 0 Å². The Hall–Kier alpha value is -0.920. The van der Waals surface area contributed by atoms with Gasteiger partial charge in [0.2, 0.25) is 0 Å². The quantitative estimate of drug-likeness (QED) is 0.443. The van der Waals surface area contributed by atoms with E-state index >= 15 is 0 Å². The van der Waals surface area contributed by atoms with Crippen molar-refractivity contribution >= 4 is 0 Å². The van der Waals surface area contributed by atoms with Gasteiger partial charge < -0.3 is 11.1 Å². The molecule has 1 rings (SSSR count). The smallest absolute Gasteiger partial charge is 0.0540 e. The summed E-state index contributed by atoms with van der Waals surface area (Å²) in [7, 11) is 0. The highest BCUT2D eigenvalue weighted by molar-refractivity contribution is 5.14. The molecule has 38 valence electrons. The topological polar surface area (TPSA) is 38.0 Å². The summed E-state index contributed by atoms with van der Waals surface area (Å²) in [6.07, 6.45) is 5.64. The van der Waals surface area contributed by atoms with Gasteiger partial charge >= 0.3 is 0 Å². The molecule has 1 aliphatic heterocycles. The average Bonchev–Trinajstić information content (AvgIpc) is 1.69. The number of hydrogen-bond donors (Lipinski definition) is 2. The Bertz CT molecular complexity index is 113. The lowest BCUT2D eigenvalue weighted by atomic mass is 10.3. The first-order chi connectivity index (χ1) is 3.39. The van der Waals surface area contributed by atoms with Crippen LogP contribution in [0.5, 0.6) is 0 Å². The summed E-state index contributed by atoms with van der Waals surface area (Å²) >= 11 is 0. The monoisotopic (exact) mass is 96.1 g/mol. The van der Waals surface area contributed by atoms with Gasteiger partial charge in [-0.15, -0.1) is 0 Å². The molecule has 0 aromatic heterocycles. The molecule has 0 aromatic rings. The summed E-state index contributed by atoms with van der Waals surface area (Å²) in [6, 6.07) is 0. The lowest BCUT2D eigenvalue weighted by Crippen LogP contribution is -2.17. The van der Waals surface area contributed by atoms with Crippen molar-refractivity contribution in [2.75, 3.05) is 6.54 Å². The second-order valence-electron chi connectivity index (χ2n) is 1.48. The lowest BCUT2D eigenvalue weighted by molar-refractivity contribution is 0.908. The maximum Gasteiger partial charge on any atom is 0.0540 e. The van der Waals surface area contributed by atoms with E-state index in [0.717, 1.165) is 12.2 Å². The third kappa shape index (κ3) is 0.961. The number of dihydropyridines is 1. The van der Waals surface area contributed by atoms with Crippen LogP contribution in [-0.2, 0) is 0 Å². The van der Waals surface area contributed by atoms with E-state index in [0.29, 0.717) is 0 Å². The third-order valence-electron chi connectivity index (χ3n) is 0.831. The molecule has 0 saturated carbocycles. The first-order valence-electron chi connectivity index (χ1n) is 2.24. The molecule has 1 aliphatic rings. The van der Waals surface area contributed by atoms with Crippen molar-refractivity contribution in [3.63, 3.8) is 0 Å². The molecule has 2 nitrogen and oxygen atoms in total. The van der Waals surface area contributed by atoms with E-state index in [1.807, 2.05) is 18.4 Å². The van der Waals surface area contributed by atoms with Crippen LogP contribution in [0.2, 0.25) is 0 Å². The van der Waals surface area contributed by atoms with Gasteiger partial charge in [0.1, 0.15) is 0 Å². The molecule has 1 heterocycles. The maximum absolute atomic E-state index is 5.38. The molecule has 3 N–H and O–H groups in total. The van der Waals surface area contributed by atoms with Crippen molar-refractivity contribution in [2.45, 2.75) is 0 Å². The van der Waals surface area contributed by atoms with Crippen LogP contribution in [0.1, 0.15) is 0 Å². The summed E-state index contributed by atoms with van der Waals surface area (Å²) < 4.78 is 0. The van der Waals surface area contributed by atoms with Gasteiger partial charge in [0.15, 0.2) is 0 Å². The van der Waals surface area contributed by atoms with Gasteiger partial charge in [-0.3, -0.25) is 0 Å². The zero-order valence-corrected chi connectivity index (χ0v) is 4.02. The predicted octanol–water partition coefficient (Wildman–Crippen LogP) is -0.0541. The van der Waals surface area contributed by atoms with Crippen LogP contribution >= 0.6 is 0 Å². The zero-order chi connectivity index (χ0) is 5.11. The van der Waals surface area contributed by atoms with Gasteiger partial charge in [-0.2, -0.15) is 0 Å². The number of nitrogens with two attached hydrogens (primary N) is 1. The standard InChI is InChI=1S/C5H8N2/c6-5-2-1-3-7-4-5/h1-3,7H,4,6H2. The molecule has 0 fully saturated rings. The van der Waals surface area contributed by atoms with Crippen LogP contribution in [-0.4, -0.2) is 6.54 Å². The molecule has 2 heteroatoms. The highest BCUT2D eigenvalue weighted by Crippen LogP contribution is 1.86. The number of nitrogens with one attached hydrogen (secondary N) is 1. The number of rotatable bonds is 0. The SMILES string of the molecule is NC1=CC=CNC1. The molecule has 7 heavy (non-hydrogen) atoms. The maximum atomic E-state index is 5.38. The van der Waals surface area contributed by atoms with E-state index in [-0.39, 0.29) is 0 Å². The predicted molar refractivity (Wildman–Crippen MR) is 29.4 cm³/mol. The van der Waals surface area contributed by atoms with Crippen molar-refractivity contribution in [1.82, 2.24) is 5.32 Å². The van der Waals surface area contributed by atoms with Crippen molar-refractivity contribution in [3.05, 3.63) is 24.0 Å². The third-order valence-corrected chi connectivity index (χ3v) is 0.831. The fraction of sp³-hybridized carbons (Fsp3) is 0.200. The van der Waals surface area contributed by atoms with Crippen LogP contribution in [0.15, 0.2) is 24.0 Å². The van der Waals surface area contributed by atoms with Gasteiger partial charge in [-0.05, 0) is 18.4 Å². The summed E-state index contributed by atoms with van der Waals surface area (Å²) in [5.74, 6) is 0. The Morgan fingerprint density at radius 2 is 2.57 bits per heavy atom. The largest absolute Gasteiger partial charge is 0.401 e. The highest BCUT2D eigenvalue weighted by Gasteiger charge is 1.86. The van der Waals surface area contributed by atoms with Gasteiger partial charge in [0, 0.05) is 5.70 Å². The Labute approximate surface area is 42.7 Å². The first-order valence-corrected chi connectivity index (χ1v) is 2.24. The van der Waals surface area contributed by atoms with Gasteiger partial charge in [0.25, 0.3) is 0 Å². The minimum Gasteiger partial charge on any atom is -0.401 e. The first kappa shape index (κ1) is 4.24. The minimum absolute atomic E-state index is 0.788. The van der Waals surface area contributed by atoms with E-state index < -0.39 is 0 Å². The zero-order valence-electron chi connectivity index (χ0n) is 4.02. The van der Waals surface area contributed by atoms with Crippen LogP contribution in [0, 0.1) is 0 Å². The molecule has 0 bridgehead atoms. The van der Waals surface area contributed by atoms with Crippen LogP contribution < -0.4 is 11.1 Å². The Morgan fingerprint density at radius 1 is 1.71 bits per heavy atom. The number of hydrogen-bond acceptors (Lipinski definition) is 2. The Morgan fingerprint density at radius 3 is 2.86 bits per heavy atom. The van der Waals surface area contributed by atoms with E-state index in [1.165, 1.54) is 0 Å². The molecular formula is C5H8N2. The molecular weight excluding hydrogens is 88.1 g/mol. The second kappa shape index (κ2) is 1.69. The van der Waals surface area contributed by atoms with Gasteiger partial charge in [-0.25, -0.2) is 0 Å². The van der Waals surface area contributed by atoms with Crippen LogP contribution in [0.25, 0.3) is 0 Å². The molecule has 0 spiro atoms. The Kier molecular flexibility index (Phi) is 1.02. The Balaban J connectivity index is 2.57. The molecule has 0 radical (unpaired) electrons. The van der Waals surface area contributed by atoms with E-state index in [9.17, 15) is 0 Å². The van der Waals surface area contributed by atoms with Crippen molar-refractivity contribution in [3.8, 4) is 0 Å². The van der Waals surface area contributed by atoms with E-state index in [2.05, 4.69) is 5.32 Å². The summed E-state index contributed by atoms with van der Waals surface area (Å²) in [4.78, 5) is 0. The minimum atomic E-state index is 0.788. The molecule has 0 saturated heterocycles. The fourth-order valence-electron chi connectivity index (χ4n) is 0.475. The lowest BCUT2D eigenvalue weighted by Gasteiger charge is -2.02. The highest BCUT2D eigenvalue weighted by atomic mass is 14.9. The van der Waals surface area contributed by atoms with Crippen molar-refractivity contribution in [2.24, 2.45) is 5.73 Å². The van der Waals surface area contributed by atoms with Crippen LogP contribution in [0.4, 0.5) is 0 Å². The number of allylic oxidation sites excluding steroid dienone is 2. The molecule has 0 aliphatic carbocycles.